The monoisotopic (exact) mass is 208 g/mol. The van der Waals surface area contributed by atoms with Crippen LogP contribution in [0, 0.1) is 10.1 Å². The van der Waals surface area contributed by atoms with Crippen molar-refractivity contribution in [3.8, 4) is 0 Å². The fourth-order valence-corrected chi connectivity index (χ4v) is 0.787. The first kappa shape index (κ1) is 10.2. The molecule has 0 unspecified atom stereocenters. The van der Waals surface area contributed by atoms with E-state index in [1.54, 1.807) is 0 Å². The smallest absolute Gasteiger partial charge is 0.318 e. The Morgan fingerprint density at radius 3 is 2.36 bits per heavy atom. The maximum absolute atomic E-state index is 12.0. The second-order valence-corrected chi connectivity index (χ2v) is 2.37. The van der Waals surface area contributed by atoms with Crippen molar-refractivity contribution in [1.82, 2.24) is 4.98 Å². The van der Waals surface area contributed by atoms with Crippen LogP contribution in [0.1, 0.15) is 5.69 Å². The second-order valence-electron chi connectivity index (χ2n) is 2.37. The van der Waals surface area contributed by atoms with Gasteiger partial charge in [-0.2, -0.15) is 13.2 Å². The number of aromatic nitrogens is 1. The molecule has 5 nitrogen and oxygen atoms in total. The molecule has 1 N–H and O–H groups in total. The fraction of sp³-hybridized carbons (Fsp3) is 0.167. The Morgan fingerprint density at radius 2 is 1.93 bits per heavy atom. The van der Waals surface area contributed by atoms with Crippen molar-refractivity contribution in [2.45, 2.75) is 6.18 Å². The third-order valence-electron chi connectivity index (χ3n) is 1.35. The molecule has 0 bridgehead atoms. The molecule has 0 aliphatic heterocycles. The molecule has 1 rings (SSSR count). The fourth-order valence-electron chi connectivity index (χ4n) is 0.787. The van der Waals surface area contributed by atoms with E-state index in [1.165, 1.54) is 4.98 Å². The molecule has 0 aliphatic rings. The number of hydrogen-bond acceptors (Lipinski definition) is 3. The highest BCUT2D eigenvalue weighted by Gasteiger charge is 2.33. The number of nitrogens with zero attached hydrogens (tertiary/aromatic N) is 1. The van der Waals surface area contributed by atoms with Crippen LogP contribution in [0.4, 0.5) is 18.9 Å². The van der Waals surface area contributed by atoms with Crippen molar-refractivity contribution in [2.24, 2.45) is 0 Å². The lowest BCUT2D eigenvalue weighted by Gasteiger charge is -2.04. The largest absolute Gasteiger partial charge is 0.431 e. The highest BCUT2D eigenvalue weighted by atomic mass is 19.4. The Kier molecular flexibility index (Phi) is 2.28. The van der Waals surface area contributed by atoms with Gasteiger partial charge in [-0.15, -0.1) is 0 Å². The molecule has 8 heteroatoms. The Morgan fingerprint density at radius 1 is 1.36 bits per heavy atom. The van der Waals surface area contributed by atoms with Crippen LogP contribution in [0.3, 0.4) is 0 Å². The molecule has 0 amide bonds. The van der Waals surface area contributed by atoms with Gasteiger partial charge in [0.25, 0.3) is 11.2 Å². The van der Waals surface area contributed by atoms with Crippen molar-refractivity contribution in [1.29, 1.82) is 0 Å². The molecule has 1 aromatic rings. The molecule has 0 aromatic carbocycles. The predicted molar refractivity (Wildman–Crippen MR) is 38.7 cm³/mol. The number of hydrogen-bond donors (Lipinski definition) is 1. The van der Waals surface area contributed by atoms with E-state index in [1.807, 2.05) is 0 Å². The van der Waals surface area contributed by atoms with Crippen LogP contribution in [0.5, 0.6) is 0 Å². The summed E-state index contributed by atoms with van der Waals surface area (Å²) < 4.78 is 36.1. The van der Waals surface area contributed by atoms with E-state index < -0.39 is 28.0 Å². The number of nitrogens with one attached hydrogen (secondary N) is 1. The summed E-state index contributed by atoms with van der Waals surface area (Å²) in [5.74, 6) is 0. The lowest BCUT2D eigenvalue weighted by atomic mass is 10.3. The van der Waals surface area contributed by atoms with Gasteiger partial charge in [-0.3, -0.25) is 14.9 Å². The molecule has 0 spiro atoms. The minimum Gasteiger partial charge on any atom is -0.318 e. The van der Waals surface area contributed by atoms with E-state index in [4.69, 9.17) is 0 Å². The summed E-state index contributed by atoms with van der Waals surface area (Å²) in [7, 11) is 0. The number of H-pyrrole nitrogens is 1. The van der Waals surface area contributed by atoms with Gasteiger partial charge in [0.15, 0.2) is 0 Å². The number of halogens is 3. The van der Waals surface area contributed by atoms with E-state index in [0.29, 0.717) is 6.07 Å². The number of pyridine rings is 1. The molecule has 0 atom stereocenters. The predicted octanol–water partition coefficient (Wildman–Crippen LogP) is 1.30. The van der Waals surface area contributed by atoms with Gasteiger partial charge in [0, 0.05) is 6.07 Å². The molecule has 14 heavy (non-hydrogen) atoms. The molecule has 76 valence electrons. The van der Waals surface area contributed by atoms with Crippen molar-refractivity contribution in [2.75, 3.05) is 0 Å². The normalized spacial score (nSPS) is 11.4. The molecule has 0 aliphatic carbocycles. The summed E-state index contributed by atoms with van der Waals surface area (Å²) in [6.07, 6.45) is -4.80. The molecular formula is C6H3F3N2O3. The van der Waals surface area contributed by atoms with Crippen LogP contribution in [0.15, 0.2) is 16.9 Å². The van der Waals surface area contributed by atoms with Crippen molar-refractivity contribution in [3.05, 3.63) is 38.3 Å². The minimum absolute atomic E-state index is 0.265. The van der Waals surface area contributed by atoms with E-state index in [9.17, 15) is 28.1 Å². The van der Waals surface area contributed by atoms with Crippen LogP contribution < -0.4 is 5.56 Å². The first-order valence-electron chi connectivity index (χ1n) is 3.26. The average molecular weight is 208 g/mol. The summed E-state index contributed by atoms with van der Waals surface area (Å²) in [5, 5.41) is 10.1. The molecule has 0 fully saturated rings. The van der Waals surface area contributed by atoms with Gasteiger partial charge in [-0.05, 0) is 0 Å². The topological polar surface area (TPSA) is 76.0 Å². The van der Waals surface area contributed by atoms with Crippen LogP contribution in [0.2, 0.25) is 0 Å². The number of rotatable bonds is 1. The summed E-state index contributed by atoms with van der Waals surface area (Å²) in [6, 6.07) is 0.747. The van der Waals surface area contributed by atoms with Gasteiger partial charge in [0.1, 0.15) is 5.69 Å². The summed E-state index contributed by atoms with van der Waals surface area (Å²) in [4.78, 5) is 21.1. The van der Waals surface area contributed by atoms with Gasteiger partial charge in [-0.25, -0.2) is 0 Å². The van der Waals surface area contributed by atoms with Gasteiger partial charge >= 0.3 is 6.18 Å². The highest BCUT2D eigenvalue weighted by Crippen LogP contribution is 2.28. The summed E-state index contributed by atoms with van der Waals surface area (Å²) >= 11 is 0. The average Bonchev–Trinajstić information content (AvgIpc) is 2.01. The van der Waals surface area contributed by atoms with Crippen LogP contribution >= 0.6 is 0 Å². The standard InChI is InChI=1S/C6H3F3N2O3/c7-6(8,9)4-1-3(11(13)14)2-5(12)10-4/h1-2H,(H,10,12). The van der Waals surface area contributed by atoms with Crippen molar-refractivity contribution in [3.63, 3.8) is 0 Å². The van der Waals surface area contributed by atoms with E-state index >= 15 is 0 Å². The molecule has 0 saturated carbocycles. The zero-order valence-corrected chi connectivity index (χ0v) is 6.46. The van der Waals surface area contributed by atoms with Gasteiger partial charge in [0.05, 0.1) is 11.0 Å². The number of aromatic amines is 1. The Balaban J connectivity index is 3.35. The Hall–Kier alpha value is -1.86. The first-order chi connectivity index (χ1) is 6.30. The molecule has 0 saturated heterocycles. The minimum atomic E-state index is -4.80. The highest BCUT2D eigenvalue weighted by molar-refractivity contribution is 5.30. The first-order valence-corrected chi connectivity index (χ1v) is 3.26. The Labute approximate surface area is 74.3 Å². The zero-order valence-electron chi connectivity index (χ0n) is 6.46. The zero-order chi connectivity index (χ0) is 10.9. The van der Waals surface area contributed by atoms with E-state index in [0.717, 1.165) is 0 Å². The second kappa shape index (κ2) is 3.13. The van der Waals surface area contributed by atoms with Gasteiger partial charge in [0.2, 0.25) is 0 Å². The summed E-state index contributed by atoms with van der Waals surface area (Å²) in [6.45, 7) is 0. The number of nitro groups is 1. The quantitative estimate of drug-likeness (QED) is 0.558. The third-order valence-corrected chi connectivity index (χ3v) is 1.35. The third kappa shape index (κ3) is 2.09. The molecule has 1 aromatic heterocycles. The molecular weight excluding hydrogens is 205 g/mol. The summed E-state index contributed by atoms with van der Waals surface area (Å²) in [5.41, 5.74) is -3.48. The van der Waals surface area contributed by atoms with Crippen LogP contribution in [-0.2, 0) is 6.18 Å². The maximum Gasteiger partial charge on any atom is 0.431 e. The molecule has 1 heterocycles. The van der Waals surface area contributed by atoms with Gasteiger partial charge < -0.3 is 4.98 Å². The van der Waals surface area contributed by atoms with E-state index in [2.05, 4.69) is 0 Å². The van der Waals surface area contributed by atoms with Crippen LogP contribution in [0.25, 0.3) is 0 Å². The lowest BCUT2D eigenvalue weighted by Crippen LogP contribution is -2.16. The lowest BCUT2D eigenvalue weighted by molar-refractivity contribution is -0.385. The maximum atomic E-state index is 12.0. The van der Waals surface area contributed by atoms with Crippen LogP contribution in [-0.4, -0.2) is 9.91 Å². The van der Waals surface area contributed by atoms with E-state index in [-0.39, 0.29) is 6.07 Å². The Bertz CT molecular complexity index is 423. The SMILES string of the molecule is O=c1cc([N+](=O)[O-])cc(C(F)(F)F)[nH]1. The van der Waals surface area contributed by atoms with Crippen molar-refractivity contribution < 1.29 is 18.1 Å². The number of alkyl halides is 3. The van der Waals surface area contributed by atoms with Crippen molar-refractivity contribution >= 4 is 5.69 Å². The van der Waals surface area contributed by atoms with Gasteiger partial charge in [-0.1, -0.05) is 0 Å². The molecule has 0 radical (unpaired) electrons.